The number of aromatic nitrogens is 1. The fourth-order valence-corrected chi connectivity index (χ4v) is 2.50. The van der Waals surface area contributed by atoms with Gasteiger partial charge < -0.3 is 0 Å². The number of pyridine rings is 1. The standard InChI is InChI=1S/C18H16FN/c1-3-13-8-9-15(11-16(13)19)18-12(2)10-14-6-4-5-7-17(14)20-18/h4-11H,3H2,1-2H3. The maximum atomic E-state index is 14.0. The summed E-state index contributed by atoms with van der Waals surface area (Å²) in [6.07, 6.45) is 0.705. The lowest BCUT2D eigenvalue weighted by atomic mass is 10.0. The molecule has 0 atom stereocenters. The Morgan fingerprint density at radius 3 is 2.60 bits per heavy atom. The van der Waals surface area contributed by atoms with Crippen LogP contribution in [0.25, 0.3) is 22.2 Å². The molecule has 0 aliphatic carbocycles. The Labute approximate surface area is 118 Å². The average molecular weight is 265 g/mol. The molecule has 0 spiro atoms. The van der Waals surface area contributed by atoms with Gasteiger partial charge in [-0.2, -0.15) is 0 Å². The lowest BCUT2D eigenvalue weighted by molar-refractivity contribution is 0.612. The molecular formula is C18H16FN. The Morgan fingerprint density at radius 2 is 1.85 bits per heavy atom. The fourth-order valence-electron chi connectivity index (χ4n) is 2.50. The van der Waals surface area contributed by atoms with E-state index in [1.807, 2.05) is 50.2 Å². The molecule has 2 aromatic carbocycles. The summed E-state index contributed by atoms with van der Waals surface area (Å²) in [6, 6.07) is 15.5. The van der Waals surface area contributed by atoms with E-state index in [0.29, 0.717) is 6.42 Å². The van der Waals surface area contributed by atoms with Crippen molar-refractivity contribution in [2.75, 3.05) is 0 Å². The Balaban J connectivity index is 2.18. The third kappa shape index (κ3) is 2.18. The zero-order chi connectivity index (χ0) is 14.1. The first-order valence-corrected chi connectivity index (χ1v) is 6.84. The molecule has 0 unspecified atom stereocenters. The molecule has 1 heterocycles. The van der Waals surface area contributed by atoms with Gasteiger partial charge in [-0.3, -0.25) is 0 Å². The minimum Gasteiger partial charge on any atom is -0.248 e. The number of fused-ring (bicyclic) bond motifs is 1. The van der Waals surface area contributed by atoms with Crippen molar-refractivity contribution in [3.63, 3.8) is 0 Å². The second kappa shape index (κ2) is 5.04. The van der Waals surface area contributed by atoms with Gasteiger partial charge in [0.05, 0.1) is 11.2 Å². The predicted octanol–water partition coefficient (Wildman–Crippen LogP) is 4.91. The number of rotatable bonds is 2. The molecule has 3 rings (SSSR count). The molecule has 0 fully saturated rings. The molecule has 0 aliphatic heterocycles. The molecule has 0 aliphatic rings. The summed E-state index contributed by atoms with van der Waals surface area (Å²) in [4.78, 5) is 4.67. The highest BCUT2D eigenvalue weighted by Crippen LogP contribution is 2.26. The summed E-state index contributed by atoms with van der Waals surface area (Å²) in [7, 11) is 0. The van der Waals surface area contributed by atoms with Gasteiger partial charge in [0.15, 0.2) is 0 Å². The predicted molar refractivity (Wildman–Crippen MR) is 81.3 cm³/mol. The van der Waals surface area contributed by atoms with Crippen molar-refractivity contribution in [3.8, 4) is 11.3 Å². The van der Waals surface area contributed by atoms with Crippen molar-refractivity contribution in [2.24, 2.45) is 0 Å². The van der Waals surface area contributed by atoms with E-state index in [2.05, 4.69) is 11.1 Å². The topological polar surface area (TPSA) is 12.9 Å². The van der Waals surface area contributed by atoms with Gasteiger partial charge in [0.1, 0.15) is 5.82 Å². The van der Waals surface area contributed by atoms with Crippen molar-refractivity contribution in [1.29, 1.82) is 0 Å². The van der Waals surface area contributed by atoms with E-state index in [1.54, 1.807) is 6.07 Å². The first-order chi connectivity index (χ1) is 9.69. The summed E-state index contributed by atoms with van der Waals surface area (Å²) in [5.41, 5.74) is 4.43. The fraction of sp³-hybridized carbons (Fsp3) is 0.167. The van der Waals surface area contributed by atoms with Crippen LogP contribution in [0.15, 0.2) is 48.5 Å². The maximum absolute atomic E-state index is 14.0. The molecule has 3 aromatic rings. The second-order valence-electron chi connectivity index (χ2n) is 5.01. The molecule has 0 amide bonds. The van der Waals surface area contributed by atoms with E-state index in [0.717, 1.165) is 33.3 Å². The summed E-state index contributed by atoms with van der Waals surface area (Å²) < 4.78 is 14.0. The van der Waals surface area contributed by atoms with E-state index >= 15 is 0 Å². The minimum absolute atomic E-state index is 0.153. The van der Waals surface area contributed by atoms with Crippen LogP contribution in [0.4, 0.5) is 4.39 Å². The highest BCUT2D eigenvalue weighted by Gasteiger charge is 2.08. The lowest BCUT2D eigenvalue weighted by Crippen LogP contribution is -1.93. The van der Waals surface area contributed by atoms with Crippen LogP contribution in [0.3, 0.4) is 0 Å². The van der Waals surface area contributed by atoms with Gasteiger partial charge in [-0.15, -0.1) is 0 Å². The number of para-hydroxylation sites is 1. The molecule has 1 nitrogen and oxygen atoms in total. The van der Waals surface area contributed by atoms with Crippen molar-refractivity contribution < 1.29 is 4.39 Å². The second-order valence-corrected chi connectivity index (χ2v) is 5.01. The van der Waals surface area contributed by atoms with Crippen LogP contribution >= 0.6 is 0 Å². The summed E-state index contributed by atoms with van der Waals surface area (Å²) in [5.74, 6) is -0.153. The van der Waals surface area contributed by atoms with Gasteiger partial charge in [0.25, 0.3) is 0 Å². The number of hydrogen-bond acceptors (Lipinski definition) is 1. The SMILES string of the molecule is CCc1ccc(-c2nc3ccccc3cc2C)cc1F. The number of aryl methyl sites for hydroxylation is 2. The van der Waals surface area contributed by atoms with Crippen molar-refractivity contribution in [2.45, 2.75) is 20.3 Å². The monoisotopic (exact) mass is 265 g/mol. The normalized spacial score (nSPS) is 10.9. The molecular weight excluding hydrogens is 249 g/mol. The van der Waals surface area contributed by atoms with Gasteiger partial charge >= 0.3 is 0 Å². The Kier molecular flexibility index (Phi) is 3.23. The Morgan fingerprint density at radius 1 is 1.05 bits per heavy atom. The quantitative estimate of drug-likeness (QED) is 0.641. The van der Waals surface area contributed by atoms with Gasteiger partial charge in [-0.1, -0.05) is 37.3 Å². The molecule has 20 heavy (non-hydrogen) atoms. The van der Waals surface area contributed by atoms with E-state index in [9.17, 15) is 4.39 Å². The first kappa shape index (κ1) is 12.8. The molecule has 100 valence electrons. The third-order valence-electron chi connectivity index (χ3n) is 3.62. The van der Waals surface area contributed by atoms with Crippen LogP contribution in [-0.4, -0.2) is 4.98 Å². The maximum Gasteiger partial charge on any atom is 0.127 e. The van der Waals surface area contributed by atoms with Crippen LogP contribution in [-0.2, 0) is 6.42 Å². The van der Waals surface area contributed by atoms with Crippen molar-refractivity contribution in [3.05, 3.63) is 65.5 Å². The highest BCUT2D eigenvalue weighted by atomic mass is 19.1. The van der Waals surface area contributed by atoms with E-state index < -0.39 is 0 Å². The first-order valence-electron chi connectivity index (χ1n) is 6.84. The van der Waals surface area contributed by atoms with Gasteiger partial charge in [-0.05, 0) is 42.7 Å². The smallest absolute Gasteiger partial charge is 0.127 e. The molecule has 0 radical (unpaired) electrons. The minimum atomic E-state index is -0.153. The molecule has 0 N–H and O–H groups in total. The molecule has 0 saturated heterocycles. The number of benzene rings is 2. The van der Waals surface area contributed by atoms with Crippen LogP contribution in [0.5, 0.6) is 0 Å². The third-order valence-corrected chi connectivity index (χ3v) is 3.62. The summed E-state index contributed by atoms with van der Waals surface area (Å²) in [5, 5.41) is 1.11. The largest absolute Gasteiger partial charge is 0.248 e. The van der Waals surface area contributed by atoms with E-state index in [1.165, 1.54) is 0 Å². The lowest BCUT2D eigenvalue weighted by Gasteiger charge is -2.09. The van der Waals surface area contributed by atoms with Crippen molar-refractivity contribution in [1.82, 2.24) is 4.98 Å². The Bertz CT molecular complexity index is 777. The zero-order valence-electron chi connectivity index (χ0n) is 11.7. The number of hydrogen-bond donors (Lipinski definition) is 0. The van der Waals surface area contributed by atoms with Crippen LogP contribution in [0, 0.1) is 12.7 Å². The van der Waals surface area contributed by atoms with E-state index in [-0.39, 0.29) is 5.82 Å². The van der Waals surface area contributed by atoms with Gasteiger partial charge in [-0.25, -0.2) is 9.37 Å². The number of halogens is 1. The molecule has 0 saturated carbocycles. The summed E-state index contributed by atoms with van der Waals surface area (Å²) in [6.45, 7) is 3.97. The van der Waals surface area contributed by atoms with Crippen molar-refractivity contribution >= 4 is 10.9 Å². The molecule has 1 aromatic heterocycles. The van der Waals surface area contributed by atoms with Gasteiger partial charge in [0, 0.05) is 10.9 Å². The zero-order valence-corrected chi connectivity index (χ0v) is 11.7. The van der Waals surface area contributed by atoms with Crippen LogP contribution in [0.1, 0.15) is 18.1 Å². The summed E-state index contributed by atoms with van der Waals surface area (Å²) >= 11 is 0. The van der Waals surface area contributed by atoms with Crippen LogP contribution < -0.4 is 0 Å². The Hall–Kier alpha value is -2.22. The average Bonchev–Trinajstić information content (AvgIpc) is 2.46. The van der Waals surface area contributed by atoms with Gasteiger partial charge in [0.2, 0.25) is 0 Å². The van der Waals surface area contributed by atoms with Crippen LogP contribution in [0.2, 0.25) is 0 Å². The molecule has 2 heteroatoms. The van der Waals surface area contributed by atoms with E-state index in [4.69, 9.17) is 0 Å². The highest BCUT2D eigenvalue weighted by molar-refractivity contribution is 5.83. The number of nitrogens with zero attached hydrogens (tertiary/aromatic N) is 1. The molecule has 0 bridgehead atoms.